The highest BCUT2D eigenvalue weighted by Crippen LogP contribution is 2.19. The van der Waals surface area contributed by atoms with E-state index in [1.807, 2.05) is 61.5 Å². The molecule has 3 aromatic rings. The van der Waals surface area contributed by atoms with Crippen molar-refractivity contribution in [2.75, 3.05) is 0 Å². The molecule has 0 spiro atoms. The van der Waals surface area contributed by atoms with Gasteiger partial charge in [-0.25, -0.2) is 0 Å². The van der Waals surface area contributed by atoms with Crippen LogP contribution in [0.25, 0.3) is 0 Å². The second-order valence-corrected chi connectivity index (χ2v) is 7.99. The largest absolute Gasteiger partial charge is 0.349 e. The fourth-order valence-electron chi connectivity index (χ4n) is 3.31. The summed E-state index contributed by atoms with van der Waals surface area (Å²) in [6.45, 7) is 2.74. The van der Waals surface area contributed by atoms with Gasteiger partial charge in [-0.1, -0.05) is 60.2 Å². The van der Waals surface area contributed by atoms with Crippen molar-refractivity contribution in [3.8, 4) is 0 Å². The summed E-state index contributed by atoms with van der Waals surface area (Å²) < 4.78 is 1.72. The SMILES string of the molecule is Cc1ccc(CNC(=O)c2cn(Cc3ccccc3)cc(C(=O)NC3CC3)c2=O)cc1. The zero-order chi connectivity index (χ0) is 21.8. The number of nitrogens with one attached hydrogen (secondary N) is 2. The lowest BCUT2D eigenvalue weighted by Crippen LogP contribution is -2.36. The van der Waals surface area contributed by atoms with Gasteiger partial charge in [-0.15, -0.1) is 0 Å². The summed E-state index contributed by atoms with van der Waals surface area (Å²) in [7, 11) is 0. The molecule has 1 heterocycles. The number of aromatic nitrogens is 1. The maximum absolute atomic E-state index is 13.0. The van der Waals surface area contributed by atoms with Crippen LogP contribution < -0.4 is 16.1 Å². The number of carbonyl (C=O) groups is 2. The standard InChI is InChI=1S/C25H25N3O3/c1-17-7-9-18(10-8-17)13-26-24(30)21-15-28(14-19-5-3-2-4-6-19)16-22(23(21)29)25(31)27-20-11-12-20/h2-10,15-16,20H,11-14H2,1H3,(H,26,30)(H,27,31). The normalized spacial score (nSPS) is 12.9. The van der Waals surface area contributed by atoms with Crippen LogP contribution in [0.3, 0.4) is 0 Å². The van der Waals surface area contributed by atoms with Gasteiger partial charge in [0.1, 0.15) is 11.1 Å². The van der Waals surface area contributed by atoms with E-state index in [4.69, 9.17) is 0 Å². The van der Waals surface area contributed by atoms with Gasteiger partial charge in [0.25, 0.3) is 11.8 Å². The molecule has 0 radical (unpaired) electrons. The molecule has 0 atom stereocenters. The molecule has 1 fully saturated rings. The first kappa shape index (κ1) is 20.6. The monoisotopic (exact) mass is 415 g/mol. The van der Waals surface area contributed by atoms with Crippen molar-refractivity contribution < 1.29 is 9.59 Å². The predicted molar refractivity (Wildman–Crippen MR) is 119 cm³/mol. The second kappa shape index (κ2) is 9.00. The molecule has 6 heteroatoms. The van der Waals surface area contributed by atoms with E-state index in [2.05, 4.69) is 10.6 Å². The van der Waals surface area contributed by atoms with Crippen LogP contribution in [0, 0.1) is 6.92 Å². The van der Waals surface area contributed by atoms with E-state index in [9.17, 15) is 14.4 Å². The van der Waals surface area contributed by atoms with E-state index >= 15 is 0 Å². The first-order valence-electron chi connectivity index (χ1n) is 10.4. The van der Waals surface area contributed by atoms with Gasteiger partial charge in [0.2, 0.25) is 5.43 Å². The Morgan fingerprint density at radius 1 is 0.903 bits per heavy atom. The molecule has 6 nitrogen and oxygen atoms in total. The summed E-state index contributed by atoms with van der Waals surface area (Å²) in [4.78, 5) is 38.5. The minimum atomic E-state index is -0.552. The number of benzene rings is 2. The molecule has 0 saturated heterocycles. The molecular weight excluding hydrogens is 390 g/mol. The van der Waals surface area contributed by atoms with E-state index in [0.29, 0.717) is 13.1 Å². The van der Waals surface area contributed by atoms with Crippen molar-refractivity contribution in [1.29, 1.82) is 0 Å². The molecule has 1 aliphatic rings. The van der Waals surface area contributed by atoms with Crippen LogP contribution in [0.15, 0.2) is 71.8 Å². The second-order valence-electron chi connectivity index (χ2n) is 7.99. The average molecular weight is 415 g/mol. The number of rotatable bonds is 7. The number of carbonyl (C=O) groups excluding carboxylic acids is 2. The van der Waals surface area contributed by atoms with E-state index < -0.39 is 17.2 Å². The van der Waals surface area contributed by atoms with Crippen LogP contribution in [0.2, 0.25) is 0 Å². The van der Waals surface area contributed by atoms with E-state index in [1.165, 1.54) is 12.4 Å². The van der Waals surface area contributed by atoms with Crippen molar-refractivity contribution >= 4 is 11.8 Å². The van der Waals surface area contributed by atoms with Gasteiger partial charge >= 0.3 is 0 Å². The van der Waals surface area contributed by atoms with Crippen LogP contribution in [-0.4, -0.2) is 22.4 Å². The lowest BCUT2D eigenvalue weighted by atomic mass is 10.1. The lowest BCUT2D eigenvalue weighted by Gasteiger charge is -2.13. The lowest BCUT2D eigenvalue weighted by molar-refractivity contribution is 0.0948. The number of amides is 2. The number of nitrogens with zero attached hydrogens (tertiary/aromatic N) is 1. The molecule has 0 bridgehead atoms. The molecule has 1 aromatic heterocycles. The average Bonchev–Trinajstić information content (AvgIpc) is 3.59. The summed E-state index contributed by atoms with van der Waals surface area (Å²) in [6.07, 6.45) is 4.89. The number of aryl methyl sites for hydroxylation is 1. The molecule has 0 aliphatic heterocycles. The Labute approximate surface area is 180 Å². The fourth-order valence-corrected chi connectivity index (χ4v) is 3.31. The van der Waals surface area contributed by atoms with E-state index in [1.54, 1.807) is 4.57 Å². The third kappa shape index (κ3) is 5.28. The van der Waals surface area contributed by atoms with Gasteiger partial charge in [0.15, 0.2) is 0 Å². The first-order chi connectivity index (χ1) is 15.0. The Kier molecular flexibility index (Phi) is 5.98. The van der Waals surface area contributed by atoms with Gasteiger partial charge in [-0.3, -0.25) is 14.4 Å². The quantitative estimate of drug-likeness (QED) is 0.623. The summed E-state index contributed by atoms with van der Waals surface area (Å²) in [5.74, 6) is -0.920. The Balaban J connectivity index is 1.61. The van der Waals surface area contributed by atoms with Crippen molar-refractivity contribution in [3.63, 3.8) is 0 Å². The topological polar surface area (TPSA) is 80.2 Å². The van der Waals surface area contributed by atoms with Gasteiger partial charge < -0.3 is 15.2 Å². The first-order valence-corrected chi connectivity index (χ1v) is 10.4. The maximum atomic E-state index is 13.0. The van der Waals surface area contributed by atoms with Crippen LogP contribution in [0.4, 0.5) is 0 Å². The van der Waals surface area contributed by atoms with Gasteiger partial charge in [0.05, 0.1) is 0 Å². The zero-order valence-corrected chi connectivity index (χ0v) is 17.4. The van der Waals surface area contributed by atoms with E-state index in [-0.39, 0.29) is 17.2 Å². The van der Waals surface area contributed by atoms with Crippen molar-refractivity contribution in [2.24, 2.45) is 0 Å². The van der Waals surface area contributed by atoms with Gasteiger partial charge in [-0.2, -0.15) is 0 Å². The smallest absolute Gasteiger partial charge is 0.257 e. The number of pyridine rings is 1. The summed E-state index contributed by atoms with van der Waals surface area (Å²) in [6, 6.07) is 17.6. The molecule has 158 valence electrons. The Morgan fingerprint density at radius 3 is 2.19 bits per heavy atom. The highest BCUT2D eigenvalue weighted by atomic mass is 16.2. The molecule has 4 rings (SSSR count). The molecule has 2 aromatic carbocycles. The minimum Gasteiger partial charge on any atom is -0.349 e. The molecule has 1 aliphatic carbocycles. The third-order valence-corrected chi connectivity index (χ3v) is 5.26. The molecule has 2 N–H and O–H groups in total. The van der Waals surface area contributed by atoms with Crippen molar-refractivity contribution in [1.82, 2.24) is 15.2 Å². The van der Waals surface area contributed by atoms with Crippen LogP contribution >= 0.6 is 0 Å². The Hall–Kier alpha value is -3.67. The molecular formula is C25H25N3O3. The zero-order valence-electron chi connectivity index (χ0n) is 17.4. The third-order valence-electron chi connectivity index (χ3n) is 5.26. The van der Waals surface area contributed by atoms with Crippen LogP contribution in [-0.2, 0) is 13.1 Å². The summed E-state index contributed by atoms with van der Waals surface area (Å²) in [5.41, 5.74) is 2.48. The van der Waals surface area contributed by atoms with Crippen molar-refractivity contribution in [2.45, 2.75) is 38.9 Å². The van der Waals surface area contributed by atoms with E-state index in [0.717, 1.165) is 29.5 Å². The Bertz CT molecular complexity index is 1150. The molecule has 0 unspecified atom stereocenters. The van der Waals surface area contributed by atoms with Gasteiger partial charge in [0, 0.05) is 31.5 Å². The number of hydrogen-bond donors (Lipinski definition) is 2. The molecule has 2 amide bonds. The predicted octanol–water partition coefficient (Wildman–Crippen LogP) is 3.03. The highest BCUT2D eigenvalue weighted by molar-refractivity contribution is 5.99. The van der Waals surface area contributed by atoms with Crippen molar-refractivity contribution in [3.05, 3.63) is 105 Å². The number of hydrogen-bond acceptors (Lipinski definition) is 3. The molecule has 31 heavy (non-hydrogen) atoms. The molecule has 1 saturated carbocycles. The van der Waals surface area contributed by atoms with Crippen LogP contribution in [0.5, 0.6) is 0 Å². The van der Waals surface area contributed by atoms with Gasteiger partial charge in [-0.05, 0) is 30.9 Å². The van der Waals surface area contributed by atoms with Crippen LogP contribution in [0.1, 0.15) is 50.2 Å². The fraction of sp³-hybridized carbons (Fsp3) is 0.240. The summed E-state index contributed by atoms with van der Waals surface area (Å²) >= 11 is 0. The summed E-state index contributed by atoms with van der Waals surface area (Å²) in [5, 5.41) is 5.65. The minimum absolute atomic E-state index is 0.00850. The Morgan fingerprint density at radius 2 is 1.55 bits per heavy atom. The highest BCUT2D eigenvalue weighted by Gasteiger charge is 2.26. The maximum Gasteiger partial charge on any atom is 0.257 e.